The summed E-state index contributed by atoms with van der Waals surface area (Å²) in [6.07, 6.45) is 0.830. The second-order valence-electron chi connectivity index (χ2n) is 1.94. The molecule has 1 aromatic heterocycles. The number of hydrogen-bond donors (Lipinski definition) is 0. The van der Waals surface area contributed by atoms with Crippen LogP contribution < -0.4 is 0 Å². The molecular weight excluding hydrogens is 183 g/mol. The van der Waals surface area contributed by atoms with Gasteiger partial charge in [0.25, 0.3) is 5.24 Å². The fourth-order valence-corrected chi connectivity index (χ4v) is 0.832. The molecule has 1 rings (SSSR count). The third kappa shape index (κ3) is 1.57. The first-order valence-corrected chi connectivity index (χ1v) is 3.28. The second-order valence-corrected chi connectivity index (χ2v) is 2.28. The Hall–Kier alpha value is -1.47. The summed E-state index contributed by atoms with van der Waals surface area (Å²) in [6.45, 7) is 0. The number of carbonyl (C=O) groups is 1. The van der Waals surface area contributed by atoms with Crippen molar-refractivity contribution in [3.63, 3.8) is 0 Å². The molecule has 0 N–H and O–H groups in total. The third-order valence-electron chi connectivity index (χ3n) is 1.16. The number of pyridine rings is 1. The van der Waals surface area contributed by atoms with Crippen LogP contribution in [0.4, 0.5) is 4.39 Å². The van der Waals surface area contributed by atoms with Gasteiger partial charge in [-0.3, -0.25) is 4.79 Å². The van der Waals surface area contributed by atoms with Crippen molar-refractivity contribution in [2.24, 2.45) is 0 Å². The molecule has 0 aliphatic carbocycles. The molecule has 0 unspecified atom stereocenters. The van der Waals surface area contributed by atoms with E-state index < -0.39 is 11.1 Å². The van der Waals surface area contributed by atoms with E-state index in [1.54, 1.807) is 6.07 Å². The number of carbonyl (C=O) groups excluding carboxylic acids is 1. The Balaban J connectivity index is 3.32. The van der Waals surface area contributed by atoms with Gasteiger partial charge in [-0.25, -0.2) is 9.37 Å². The molecule has 3 nitrogen and oxygen atoms in total. The molecular formula is C7H2ClFN2O. The summed E-state index contributed by atoms with van der Waals surface area (Å²) in [5.74, 6) is -0.673. The minimum atomic E-state index is -0.869. The van der Waals surface area contributed by atoms with Crippen LogP contribution in [-0.4, -0.2) is 10.2 Å². The van der Waals surface area contributed by atoms with Gasteiger partial charge in [-0.05, 0) is 17.7 Å². The first-order valence-electron chi connectivity index (χ1n) is 2.90. The first-order chi connectivity index (χ1) is 5.65. The SMILES string of the molecule is N#Cc1cc(F)cnc1C(=O)Cl. The Morgan fingerprint density at radius 2 is 2.42 bits per heavy atom. The van der Waals surface area contributed by atoms with Crippen molar-refractivity contribution in [1.29, 1.82) is 5.26 Å². The van der Waals surface area contributed by atoms with Crippen molar-refractivity contribution in [3.05, 3.63) is 29.3 Å². The van der Waals surface area contributed by atoms with Gasteiger partial charge < -0.3 is 0 Å². The highest BCUT2D eigenvalue weighted by Crippen LogP contribution is 2.08. The highest BCUT2D eigenvalue weighted by atomic mass is 35.5. The average Bonchev–Trinajstić information content (AvgIpc) is 2.03. The summed E-state index contributed by atoms with van der Waals surface area (Å²) in [7, 11) is 0. The maximum atomic E-state index is 12.4. The predicted octanol–water partition coefficient (Wildman–Crippen LogP) is 1.47. The molecule has 0 aromatic carbocycles. The topological polar surface area (TPSA) is 53.8 Å². The van der Waals surface area contributed by atoms with Crippen molar-refractivity contribution < 1.29 is 9.18 Å². The van der Waals surface area contributed by atoms with Crippen molar-refractivity contribution in [2.45, 2.75) is 0 Å². The standard InChI is InChI=1S/C7H2ClFN2O/c8-7(12)6-4(2-10)1-5(9)3-11-6/h1,3H. The zero-order valence-corrected chi connectivity index (χ0v) is 6.47. The lowest BCUT2D eigenvalue weighted by atomic mass is 10.2. The number of halogens is 2. The van der Waals surface area contributed by atoms with Crippen molar-refractivity contribution in [3.8, 4) is 6.07 Å². The van der Waals surface area contributed by atoms with Gasteiger partial charge >= 0.3 is 0 Å². The van der Waals surface area contributed by atoms with Crippen LogP contribution in [0.1, 0.15) is 16.1 Å². The molecule has 0 bridgehead atoms. The molecule has 1 aromatic rings. The fraction of sp³-hybridized carbons (Fsp3) is 0. The minimum absolute atomic E-state index is 0.157. The highest BCUT2D eigenvalue weighted by molar-refractivity contribution is 6.67. The molecule has 0 atom stereocenters. The van der Waals surface area contributed by atoms with Gasteiger partial charge in [0.15, 0.2) is 0 Å². The van der Waals surface area contributed by atoms with Gasteiger partial charge in [0, 0.05) is 0 Å². The highest BCUT2D eigenvalue weighted by Gasteiger charge is 2.10. The largest absolute Gasteiger partial charge is 0.274 e. The molecule has 0 spiro atoms. The lowest BCUT2D eigenvalue weighted by Gasteiger charge is -1.94. The third-order valence-corrected chi connectivity index (χ3v) is 1.34. The van der Waals surface area contributed by atoms with E-state index in [2.05, 4.69) is 4.98 Å². The molecule has 0 saturated carbocycles. The first kappa shape index (κ1) is 8.62. The molecule has 0 saturated heterocycles. The quantitative estimate of drug-likeness (QED) is 0.621. The number of nitriles is 1. The number of hydrogen-bond acceptors (Lipinski definition) is 3. The maximum absolute atomic E-state index is 12.4. The number of rotatable bonds is 1. The van der Waals surface area contributed by atoms with Crippen LogP contribution in [0.25, 0.3) is 0 Å². The maximum Gasteiger partial charge on any atom is 0.272 e. The molecule has 60 valence electrons. The Labute approximate surface area is 72.4 Å². The van der Waals surface area contributed by atoms with Crippen molar-refractivity contribution in [1.82, 2.24) is 4.98 Å². The molecule has 0 amide bonds. The van der Waals surface area contributed by atoms with Gasteiger partial charge in [-0.1, -0.05) is 0 Å². The average molecular weight is 185 g/mol. The summed E-state index contributed by atoms with van der Waals surface area (Å²) in [5, 5.41) is 7.56. The van der Waals surface area contributed by atoms with Crippen LogP contribution in [0.3, 0.4) is 0 Å². The molecule has 0 aliphatic heterocycles. The molecule has 0 fully saturated rings. The van der Waals surface area contributed by atoms with Gasteiger partial charge in [-0.15, -0.1) is 0 Å². The van der Waals surface area contributed by atoms with E-state index in [9.17, 15) is 9.18 Å². The van der Waals surface area contributed by atoms with E-state index in [1.165, 1.54) is 0 Å². The molecule has 0 aliphatic rings. The Morgan fingerprint density at radius 1 is 1.75 bits per heavy atom. The zero-order valence-electron chi connectivity index (χ0n) is 5.71. The van der Waals surface area contributed by atoms with Crippen molar-refractivity contribution in [2.75, 3.05) is 0 Å². The van der Waals surface area contributed by atoms with Crippen LogP contribution >= 0.6 is 11.6 Å². The smallest absolute Gasteiger partial charge is 0.272 e. The van der Waals surface area contributed by atoms with E-state index in [0.29, 0.717) is 0 Å². The summed E-state index contributed by atoms with van der Waals surface area (Å²) < 4.78 is 12.4. The Kier molecular flexibility index (Phi) is 2.36. The van der Waals surface area contributed by atoms with Crippen LogP contribution in [0.15, 0.2) is 12.3 Å². The Morgan fingerprint density at radius 3 is 2.92 bits per heavy atom. The molecule has 1 heterocycles. The molecule has 0 radical (unpaired) electrons. The van der Waals surface area contributed by atoms with Gasteiger partial charge in [-0.2, -0.15) is 5.26 Å². The van der Waals surface area contributed by atoms with Gasteiger partial charge in [0.1, 0.15) is 17.6 Å². The summed E-state index contributed by atoms with van der Waals surface area (Å²) >= 11 is 5.06. The molecule has 5 heteroatoms. The fourth-order valence-electron chi connectivity index (χ4n) is 0.681. The van der Waals surface area contributed by atoms with E-state index in [0.717, 1.165) is 12.3 Å². The number of nitrogens with zero attached hydrogens (tertiary/aromatic N) is 2. The normalized spacial score (nSPS) is 9.08. The minimum Gasteiger partial charge on any atom is -0.274 e. The van der Waals surface area contributed by atoms with Crippen LogP contribution in [0, 0.1) is 17.1 Å². The summed E-state index contributed by atoms with van der Waals surface area (Å²) in [4.78, 5) is 13.9. The van der Waals surface area contributed by atoms with Gasteiger partial charge in [0.05, 0.1) is 11.8 Å². The van der Waals surface area contributed by atoms with E-state index in [4.69, 9.17) is 16.9 Å². The van der Waals surface area contributed by atoms with Crippen LogP contribution in [0.2, 0.25) is 0 Å². The lowest BCUT2D eigenvalue weighted by Crippen LogP contribution is -1.99. The zero-order chi connectivity index (χ0) is 9.14. The molecule has 12 heavy (non-hydrogen) atoms. The van der Waals surface area contributed by atoms with E-state index >= 15 is 0 Å². The number of aromatic nitrogens is 1. The summed E-state index contributed by atoms with van der Waals surface area (Å²) in [6, 6.07) is 2.52. The van der Waals surface area contributed by atoms with E-state index in [1.807, 2.05) is 0 Å². The van der Waals surface area contributed by atoms with Crippen LogP contribution in [-0.2, 0) is 0 Å². The van der Waals surface area contributed by atoms with Gasteiger partial charge in [0.2, 0.25) is 0 Å². The lowest BCUT2D eigenvalue weighted by molar-refractivity contribution is 0.107. The summed E-state index contributed by atoms with van der Waals surface area (Å²) in [5.41, 5.74) is -0.379. The monoisotopic (exact) mass is 184 g/mol. The second kappa shape index (κ2) is 3.28. The Bertz CT molecular complexity index is 372. The van der Waals surface area contributed by atoms with Crippen molar-refractivity contribution >= 4 is 16.8 Å². The van der Waals surface area contributed by atoms with Crippen LogP contribution in [0.5, 0.6) is 0 Å². The van der Waals surface area contributed by atoms with E-state index in [-0.39, 0.29) is 11.3 Å². The predicted molar refractivity (Wildman–Crippen MR) is 39.1 cm³/mol.